The second kappa shape index (κ2) is 8.96. The van der Waals surface area contributed by atoms with E-state index >= 15 is 4.39 Å². The van der Waals surface area contributed by atoms with Crippen molar-refractivity contribution in [2.45, 2.75) is 57.8 Å². The van der Waals surface area contributed by atoms with Crippen molar-refractivity contribution < 1.29 is 8.78 Å². The molecule has 154 valence electrons. The number of rotatable bonds is 5. The number of nitrogens with zero attached hydrogens (tertiary/aromatic N) is 1. The zero-order valence-corrected chi connectivity index (χ0v) is 17.4. The van der Waals surface area contributed by atoms with Crippen molar-refractivity contribution in [2.24, 2.45) is 5.92 Å². The van der Waals surface area contributed by atoms with Crippen LogP contribution < -0.4 is 0 Å². The fourth-order valence-electron chi connectivity index (χ4n) is 4.84. The van der Waals surface area contributed by atoms with Gasteiger partial charge in [-0.1, -0.05) is 62.6 Å². The smallest absolute Gasteiger partial charge is 0.141 e. The van der Waals surface area contributed by atoms with Gasteiger partial charge in [0.05, 0.1) is 5.56 Å². The Morgan fingerprint density at radius 1 is 0.967 bits per heavy atom. The Hall–Kier alpha value is -2.73. The van der Waals surface area contributed by atoms with E-state index < -0.39 is 5.82 Å². The molecule has 0 N–H and O–H groups in total. The van der Waals surface area contributed by atoms with Crippen LogP contribution in [0.2, 0.25) is 0 Å². The summed E-state index contributed by atoms with van der Waals surface area (Å²) in [5.74, 6) is 0.461. The molecule has 0 aliphatic heterocycles. The predicted octanol–water partition coefficient (Wildman–Crippen LogP) is 8.12. The summed E-state index contributed by atoms with van der Waals surface area (Å²) in [6, 6.07) is 15.7. The summed E-state index contributed by atoms with van der Waals surface area (Å²) < 4.78 is 29.2. The van der Waals surface area contributed by atoms with Crippen molar-refractivity contribution in [3.05, 3.63) is 71.3 Å². The molecule has 1 aliphatic rings. The van der Waals surface area contributed by atoms with Crippen LogP contribution in [-0.4, -0.2) is 0 Å². The molecule has 1 nitrogen and oxygen atoms in total. The maximum absolute atomic E-state index is 15.2. The Labute approximate surface area is 177 Å². The van der Waals surface area contributed by atoms with E-state index in [2.05, 4.69) is 19.1 Å². The maximum atomic E-state index is 15.2. The summed E-state index contributed by atoms with van der Waals surface area (Å²) in [5.41, 5.74) is 2.07. The van der Waals surface area contributed by atoms with E-state index in [1.807, 2.05) is 12.1 Å². The molecule has 4 rings (SSSR count). The molecule has 0 unspecified atom stereocenters. The molecule has 0 bridgehead atoms. The highest BCUT2D eigenvalue weighted by Crippen LogP contribution is 2.39. The van der Waals surface area contributed by atoms with Crippen LogP contribution in [0.3, 0.4) is 0 Å². The predicted molar refractivity (Wildman–Crippen MR) is 118 cm³/mol. The first-order valence-electron chi connectivity index (χ1n) is 11.0. The fourth-order valence-corrected chi connectivity index (χ4v) is 4.84. The Balaban J connectivity index is 1.58. The molecule has 0 heterocycles. The Kier molecular flexibility index (Phi) is 6.13. The van der Waals surface area contributed by atoms with Crippen molar-refractivity contribution in [1.82, 2.24) is 0 Å². The lowest BCUT2D eigenvalue weighted by Gasteiger charge is -2.29. The van der Waals surface area contributed by atoms with E-state index in [9.17, 15) is 4.39 Å². The average Bonchev–Trinajstić information content (AvgIpc) is 2.78. The average molecular weight is 404 g/mol. The zero-order valence-electron chi connectivity index (χ0n) is 17.4. The van der Waals surface area contributed by atoms with E-state index in [1.165, 1.54) is 62.6 Å². The van der Waals surface area contributed by atoms with Gasteiger partial charge < -0.3 is 0 Å². The van der Waals surface area contributed by atoms with E-state index in [1.54, 1.807) is 18.2 Å². The Bertz CT molecular complexity index is 1090. The number of halogens is 2. The van der Waals surface area contributed by atoms with Gasteiger partial charge >= 0.3 is 0 Å². The van der Waals surface area contributed by atoms with Gasteiger partial charge in [-0.05, 0) is 66.2 Å². The van der Waals surface area contributed by atoms with E-state index in [4.69, 9.17) is 5.26 Å². The quantitative estimate of drug-likeness (QED) is 0.422. The zero-order chi connectivity index (χ0) is 21.1. The number of hydrogen-bond acceptors (Lipinski definition) is 1. The lowest BCUT2D eigenvalue weighted by atomic mass is 9.77. The molecule has 3 aromatic rings. The minimum Gasteiger partial charge on any atom is -0.206 e. The summed E-state index contributed by atoms with van der Waals surface area (Å²) in [6.07, 6.45) is 8.96. The summed E-state index contributed by atoms with van der Waals surface area (Å²) in [7, 11) is 0. The lowest BCUT2D eigenvalue weighted by molar-refractivity contribution is 0.304. The molecule has 1 saturated carbocycles. The van der Waals surface area contributed by atoms with Gasteiger partial charge in [-0.25, -0.2) is 8.78 Å². The van der Waals surface area contributed by atoms with Crippen LogP contribution in [0.25, 0.3) is 21.9 Å². The van der Waals surface area contributed by atoms with Crippen molar-refractivity contribution >= 4 is 10.8 Å². The Morgan fingerprint density at radius 3 is 2.47 bits per heavy atom. The molecular formula is C27H27F2N. The van der Waals surface area contributed by atoms with E-state index in [0.29, 0.717) is 22.4 Å². The van der Waals surface area contributed by atoms with Crippen molar-refractivity contribution in [3.8, 4) is 17.2 Å². The molecule has 3 heteroatoms. The second-order valence-electron chi connectivity index (χ2n) is 8.57. The summed E-state index contributed by atoms with van der Waals surface area (Å²) in [5, 5.41) is 10.3. The first-order chi connectivity index (χ1) is 14.6. The number of benzene rings is 3. The van der Waals surface area contributed by atoms with Gasteiger partial charge in [-0.3, -0.25) is 0 Å². The van der Waals surface area contributed by atoms with E-state index in [-0.39, 0.29) is 11.4 Å². The van der Waals surface area contributed by atoms with Gasteiger partial charge in [-0.2, -0.15) is 5.26 Å². The van der Waals surface area contributed by atoms with Crippen LogP contribution in [0.1, 0.15) is 68.9 Å². The topological polar surface area (TPSA) is 23.8 Å². The molecule has 0 amide bonds. The number of hydrogen-bond donors (Lipinski definition) is 0. The third kappa shape index (κ3) is 4.10. The van der Waals surface area contributed by atoms with Gasteiger partial charge in [0.1, 0.15) is 17.7 Å². The minimum absolute atomic E-state index is 0.0333. The monoisotopic (exact) mass is 403 g/mol. The summed E-state index contributed by atoms with van der Waals surface area (Å²) in [6.45, 7) is 2.25. The molecule has 1 fully saturated rings. The SMILES string of the molecule is CCCCC1CCC(c2ccc3c(F)c(-c4ccc(C#N)c(F)c4)ccc3c2)CC1. The van der Waals surface area contributed by atoms with Crippen LogP contribution in [0, 0.1) is 28.9 Å². The van der Waals surface area contributed by atoms with Crippen molar-refractivity contribution in [1.29, 1.82) is 5.26 Å². The van der Waals surface area contributed by atoms with Gasteiger partial charge in [-0.15, -0.1) is 0 Å². The van der Waals surface area contributed by atoms with Crippen LogP contribution in [-0.2, 0) is 0 Å². The van der Waals surface area contributed by atoms with Gasteiger partial charge in [0.25, 0.3) is 0 Å². The minimum atomic E-state index is -0.626. The van der Waals surface area contributed by atoms with Crippen molar-refractivity contribution in [2.75, 3.05) is 0 Å². The largest absolute Gasteiger partial charge is 0.206 e. The first-order valence-corrected chi connectivity index (χ1v) is 11.0. The molecule has 0 radical (unpaired) electrons. The van der Waals surface area contributed by atoms with E-state index in [0.717, 1.165) is 11.3 Å². The highest BCUT2D eigenvalue weighted by atomic mass is 19.1. The van der Waals surface area contributed by atoms with Crippen LogP contribution in [0.5, 0.6) is 0 Å². The number of unbranched alkanes of at least 4 members (excludes halogenated alkanes) is 1. The van der Waals surface area contributed by atoms with Crippen LogP contribution in [0.15, 0.2) is 48.5 Å². The number of nitriles is 1. The fraction of sp³-hybridized carbons (Fsp3) is 0.370. The standard InChI is InChI=1S/C27H27F2N/c1-2-3-4-18-5-7-19(8-6-18)20-11-13-24-21(15-20)12-14-25(27(24)29)22-9-10-23(17-30)26(28)16-22/h9-16,18-19H,2-8H2,1H3. The molecule has 30 heavy (non-hydrogen) atoms. The summed E-state index contributed by atoms with van der Waals surface area (Å²) in [4.78, 5) is 0. The highest BCUT2D eigenvalue weighted by molar-refractivity contribution is 5.89. The molecule has 0 saturated heterocycles. The molecular weight excluding hydrogens is 376 g/mol. The molecule has 0 atom stereocenters. The van der Waals surface area contributed by atoms with Crippen LogP contribution >= 0.6 is 0 Å². The maximum Gasteiger partial charge on any atom is 0.141 e. The molecule has 0 aromatic heterocycles. The summed E-state index contributed by atoms with van der Waals surface area (Å²) >= 11 is 0. The molecule has 1 aliphatic carbocycles. The second-order valence-corrected chi connectivity index (χ2v) is 8.57. The lowest BCUT2D eigenvalue weighted by Crippen LogP contribution is -2.13. The Morgan fingerprint density at radius 2 is 1.77 bits per heavy atom. The highest BCUT2D eigenvalue weighted by Gasteiger charge is 2.22. The van der Waals surface area contributed by atoms with Gasteiger partial charge in [0, 0.05) is 10.9 Å². The number of fused-ring (bicyclic) bond motifs is 1. The van der Waals surface area contributed by atoms with Gasteiger partial charge in [0.2, 0.25) is 0 Å². The van der Waals surface area contributed by atoms with Crippen LogP contribution in [0.4, 0.5) is 8.78 Å². The third-order valence-electron chi connectivity index (χ3n) is 6.66. The van der Waals surface area contributed by atoms with Crippen molar-refractivity contribution in [3.63, 3.8) is 0 Å². The molecule has 0 spiro atoms. The third-order valence-corrected chi connectivity index (χ3v) is 6.66. The first kappa shape index (κ1) is 20.5. The van der Waals surface area contributed by atoms with Gasteiger partial charge in [0.15, 0.2) is 0 Å². The molecule has 3 aromatic carbocycles. The normalized spacial score (nSPS) is 19.0.